The van der Waals surface area contributed by atoms with Gasteiger partial charge in [0.05, 0.1) is 0 Å². The Labute approximate surface area is 126 Å². The number of likely N-dealkylation sites (tertiary alicyclic amines) is 1. The van der Waals surface area contributed by atoms with Crippen molar-refractivity contribution in [2.45, 2.75) is 72.3 Å². The van der Waals surface area contributed by atoms with Crippen LogP contribution in [-0.4, -0.2) is 30.6 Å². The molecule has 0 aromatic carbocycles. The van der Waals surface area contributed by atoms with Crippen LogP contribution in [-0.2, 0) is 0 Å². The SMILES string of the molecule is CCC1CCCN(CC2CCC(N)C(C)C2(C)C)CC1. The average Bonchev–Trinajstić information content (AvgIpc) is 2.65. The molecule has 20 heavy (non-hydrogen) atoms. The molecule has 0 radical (unpaired) electrons. The summed E-state index contributed by atoms with van der Waals surface area (Å²) in [5.74, 6) is 2.46. The topological polar surface area (TPSA) is 29.3 Å². The van der Waals surface area contributed by atoms with Crippen LogP contribution in [0.15, 0.2) is 0 Å². The van der Waals surface area contributed by atoms with Gasteiger partial charge in [-0.1, -0.05) is 34.1 Å². The van der Waals surface area contributed by atoms with E-state index in [-0.39, 0.29) is 0 Å². The average molecular weight is 281 g/mol. The normalized spacial score (nSPS) is 39.5. The van der Waals surface area contributed by atoms with Crippen molar-refractivity contribution >= 4 is 0 Å². The van der Waals surface area contributed by atoms with Crippen LogP contribution in [0.2, 0.25) is 0 Å². The van der Waals surface area contributed by atoms with Crippen LogP contribution in [0.3, 0.4) is 0 Å². The number of nitrogens with zero attached hydrogens (tertiary/aromatic N) is 1. The van der Waals surface area contributed by atoms with E-state index in [0.29, 0.717) is 17.4 Å². The monoisotopic (exact) mass is 280 g/mol. The third-order valence-electron chi connectivity index (χ3n) is 6.71. The third-order valence-corrected chi connectivity index (χ3v) is 6.71. The number of rotatable bonds is 3. The van der Waals surface area contributed by atoms with Crippen molar-refractivity contribution in [1.82, 2.24) is 4.90 Å². The molecule has 1 aliphatic heterocycles. The lowest BCUT2D eigenvalue weighted by Crippen LogP contribution is -2.50. The summed E-state index contributed by atoms with van der Waals surface area (Å²) in [5.41, 5.74) is 6.69. The lowest BCUT2D eigenvalue weighted by molar-refractivity contribution is 0.0291. The maximum Gasteiger partial charge on any atom is 0.00698 e. The maximum atomic E-state index is 6.30. The second kappa shape index (κ2) is 6.79. The van der Waals surface area contributed by atoms with Crippen molar-refractivity contribution in [3.8, 4) is 0 Å². The van der Waals surface area contributed by atoms with Crippen LogP contribution in [0, 0.1) is 23.2 Å². The minimum atomic E-state index is 0.397. The molecule has 2 rings (SSSR count). The highest BCUT2D eigenvalue weighted by Gasteiger charge is 2.42. The summed E-state index contributed by atoms with van der Waals surface area (Å²) in [7, 11) is 0. The van der Waals surface area contributed by atoms with E-state index in [2.05, 4.69) is 32.6 Å². The molecule has 1 aliphatic carbocycles. The lowest BCUT2D eigenvalue weighted by Gasteiger charge is -2.48. The molecule has 4 unspecified atom stereocenters. The van der Waals surface area contributed by atoms with Crippen LogP contribution in [0.4, 0.5) is 0 Å². The highest BCUT2D eigenvalue weighted by Crippen LogP contribution is 2.44. The second-order valence-electron chi connectivity index (χ2n) is 8.05. The van der Waals surface area contributed by atoms with Gasteiger partial charge in [-0.3, -0.25) is 0 Å². The Morgan fingerprint density at radius 2 is 1.85 bits per heavy atom. The van der Waals surface area contributed by atoms with Crippen molar-refractivity contribution in [3.05, 3.63) is 0 Å². The van der Waals surface area contributed by atoms with Crippen molar-refractivity contribution < 1.29 is 0 Å². The van der Waals surface area contributed by atoms with E-state index >= 15 is 0 Å². The highest BCUT2D eigenvalue weighted by atomic mass is 15.1. The Hall–Kier alpha value is -0.0800. The molecule has 1 heterocycles. The van der Waals surface area contributed by atoms with Crippen molar-refractivity contribution in [2.75, 3.05) is 19.6 Å². The molecule has 2 heteroatoms. The first-order chi connectivity index (χ1) is 9.45. The van der Waals surface area contributed by atoms with Gasteiger partial charge in [-0.25, -0.2) is 0 Å². The van der Waals surface area contributed by atoms with Crippen LogP contribution in [0.25, 0.3) is 0 Å². The minimum Gasteiger partial charge on any atom is -0.327 e. The fraction of sp³-hybridized carbons (Fsp3) is 1.00. The predicted octanol–water partition coefficient (Wildman–Crippen LogP) is 3.90. The summed E-state index contributed by atoms with van der Waals surface area (Å²) in [5, 5.41) is 0. The zero-order valence-corrected chi connectivity index (χ0v) is 14.2. The first-order valence-electron chi connectivity index (χ1n) is 8.93. The second-order valence-corrected chi connectivity index (χ2v) is 8.05. The van der Waals surface area contributed by atoms with E-state index in [4.69, 9.17) is 5.73 Å². The Bertz CT molecular complexity index is 300. The molecule has 1 saturated heterocycles. The smallest absolute Gasteiger partial charge is 0.00698 e. The number of hydrogen-bond donors (Lipinski definition) is 1. The molecular weight excluding hydrogens is 244 g/mol. The highest BCUT2D eigenvalue weighted by molar-refractivity contribution is 4.94. The van der Waals surface area contributed by atoms with E-state index in [9.17, 15) is 0 Å². The van der Waals surface area contributed by atoms with Crippen molar-refractivity contribution in [1.29, 1.82) is 0 Å². The molecule has 4 atom stereocenters. The van der Waals surface area contributed by atoms with E-state index in [1.807, 2.05) is 0 Å². The summed E-state index contributed by atoms with van der Waals surface area (Å²) in [6.07, 6.45) is 8.18. The molecule has 2 aliphatic rings. The molecule has 2 N–H and O–H groups in total. The Kier molecular flexibility index (Phi) is 5.53. The Balaban J connectivity index is 1.92. The standard InChI is InChI=1S/C18H36N2/c1-5-15-7-6-11-20(12-10-15)13-16-8-9-17(19)14(2)18(16,3)4/h14-17H,5-13,19H2,1-4H3. The van der Waals surface area contributed by atoms with Gasteiger partial charge in [0.25, 0.3) is 0 Å². The molecule has 0 amide bonds. The first kappa shape index (κ1) is 16.3. The molecular formula is C18H36N2. The number of hydrogen-bond acceptors (Lipinski definition) is 2. The number of nitrogens with two attached hydrogens (primary N) is 1. The van der Waals surface area contributed by atoms with E-state index in [1.54, 1.807) is 0 Å². The molecule has 0 aromatic rings. The molecule has 2 nitrogen and oxygen atoms in total. The molecule has 2 fully saturated rings. The molecule has 0 bridgehead atoms. The molecule has 0 spiro atoms. The van der Waals surface area contributed by atoms with Gasteiger partial charge in [0.1, 0.15) is 0 Å². The van der Waals surface area contributed by atoms with Gasteiger partial charge in [-0.2, -0.15) is 0 Å². The Morgan fingerprint density at radius 1 is 1.10 bits per heavy atom. The summed E-state index contributed by atoms with van der Waals surface area (Å²) in [4.78, 5) is 2.76. The lowest BCUT2D eigenvalue weighted by atomic mass is 9.61. The van der Waals surface area contributed by atoms with Crippen LogP contribution in [0.1, 0.15) is 66.2 Å². The molecule has 1 saturated carbocycles. The summed E-state index contributed by atoms with van der Waals surface area (Å²) >= 11 is 0. The van der Waals surface area contributed by atoms with Crippen molar-refractivity contribution in [2.24, 2.45) is 28.9 Å². The zero-order chi connectivity index (χ0) is 14.8. The van der Waals surface area contributed by atoms with E-state index in [1.165, 1.54) is 58.2 Å². The quantitative estimate of drug-likeness (QED) is 0.849. The van der Waals surface area contributed by atoms with Crippen LogP contribution >= 0.6 is 0 Å². The van der Waals surface area contributed by atoms with Crippen LogP contribution in [0.5, 0.6) is 0 Å². The molecule has 0 aromatic heterocycles. The minimum absolute atomic E-state index is 0.397. The fourth-order valence-corrected chi connectivity index (χ4v) is 4.39. The van der Waals surface area contributed by atoms with Gasteiger partial charge >= 0.3 is 0 Å². The largest absolute Gasteiger partial charge is 0.327 e. The summed E-state index contributed by atoms with van der Waals surface area (Å²) < 4.78 is 0. The van der Waals surface area contributed by atoms with Crippen molar-refractivity contribution in [3.63, 3.8) is 0 Å². The summed E-state index contributed by atoms with van der Waals surface area (Å²) in [6.45, 7) is 13.6. The van der Waals surface area contributed by atoms with E-state index < -0.39 is 0 Å². The van der Waals surface area contributed by atoms with Gasteiger partial charge in [0.15, 0.2) is 0 Å². The van der Waals surface area contributed by atoms with Crippen LogP contribution < -0.4 is 5.73 Å². The van der Waals surface area contributed by atoms with Gasteiger partial charge in [-0.05, 0) is 68.4 Å². The first-order valence-corrected chi connectivity index (χ1v) is 8.93. The summed E-state index contributed by atoms with van der Waals surface area (Å²) in [6, 6.07) is 0.412. The predicted molar refractivity (Wildman–Crippen MR) is 87.7 cm³/mol. The van der Waals surface area contributed by atoms with E-state index in [0.717, 1.165) is 11.8 Å². The van der Waals surface area contributed by atoms with Gasteiger partial charge < -0.3 is 10.6 Å². The van der Waals surface area contributed by atoms with Gasteiger partial charge in [0, 0.05) is 12.6 Å². The maximum absolute atomic E-state index is 6.30. The third kappa shape index (κ3) is 3.57. The Morgan fingerprint density at radius 3 is 2.55 bits per heavy atom. The molecule has 118 valence electrons. The zero-order valence-electron chi connectivity index (χ0n) is 14.2. The fourth-order valence-electron chi connectivity index (χ4n) is 4.39. The van der Waals surface area contributed by atoms with Gasteiger partial charge in [-0.15, -0.1) is 0 Å². The van der Waals surface area contributed by atoms with Gasteiger partial charge in [0.2, 0.25) is 0 Å².